The van der Waals surface area contributed by atoms with Gasteiger partial charge in [0.1, 0.15) is 0 Å². The number of halogens is 1. The molecule has 0 saturated heterocycles. The first-order valence-corrected chi connectivity index (χ1v) is 8.49. The molecule has 0 aliphatic heterocycles. The summed E-state index contributed by atoms with van der Waals surface area (Å²) in [6, 6.07) is 6.85. The Hall–Kier alpha value is -0.800. The topological polar surface area (TPSA) is 85.1 Å². The van der Waals surface area contributed by atoms with Crippen molar-refractivity contribution in [2.75, 3.05) is 0 Å². The third-order valence-corrected chi connectivity index (χ3v) is 5.31. The van der Waals surface area contributed by atoms with Crippen molar-refractivity contribution in [1.82, 2.24) is 9.71 Å². The van der Waals surface area contributed by atoms with Gasteiger partial charge in [-0.2, -0.15) is 0 Å². The number of nitrogens with one attached hydrogen (secondary N) is 1. The van der Waals surface area contributed by atoms with Crippen LogP contribution in [0.4, 0.5) is 0 Å². The van der Waals surface area contributed by atoms with Crippen LogP contribution in [0.1, 0.15) is 10.4 Å². The number of sulfonamides is 1. The molecule has 8 heteroatoms. The lowest BCUT2D eigenvalue weighted by atomic mass is 10.3. The predicted molar refractivity (Wildman–Crippen MR) is 78.2 cm³/mol. The number of pyridine rings is 1. The van der Waals surface area contributed by atoms with Gasteiger partial charge in [-0.25, -0.2) is 18.1 Å². The van der Waals surface area contributed by atoms with E-state index < -0.39 is 10.0 Å². The summed E-state index contributed by atoms with van der Waals surface area (Å²) >= 11 is 4.81. The van der Waals surface area contributed by atoms with Crippen molar-refractivity contribution in [3.05, 3.63) is 44.7 Å². The van der Waals surface area contributed by atoms with Crippen LogP contribution in [-0.4, -0.2) is 13.4 Å². The van der Waals surface area contributed by atoms with E-state index in [1.54, 1.807) is 6.07 Å². The van der Waals surface area contributed by atoms with E-state index in [2.05, 4.69) is 25.6 Å². The van der Waals surface area contributed by atoms with Crippen LogP contribution in [-0.2, 0) is 23.1 Å². The van der Waals surface area contributed by atoms with E-state index in [1.165, 1.54) is 23.6 Å². The second-order valence-electron chi connectivity index (χ2n) is 3.74. The van der Waals surface area contributed by atoms with Gasteiger partial charge in [0.15, 0.2) is 5.03 Å². The fourth-order valence-corrected chi connectivity index (χ4v) is 3.82. The standard InChI is InChI=1S/C11H12BrN3O2S2/c12-10-3-2-9(18-10)7-15-19(16,17)11-4-1-8(5-13)6-14-11/h1-4,6,15H,5,7,13H2. The Morgan fingerprint density at radius 1 is 1.32 bits per heavy atom. The number of hydrogen-bond donors (Lipinski definition) is 2. The van der Waals surface area contributed by atoms with Gasteiger partial charge in [-0.15, -0.1) is 11.3 Å². The van der Waals surface area contributed by atoms with E-state index >= 15 is 0 Å². The first-order valence-electron chi connectivity index (χ1n) is 5.40. The van der Waals surface area contributed by atoms with Crippen LogP contribution in [0.5, 0.6) is 0 Å². The average Bonchev–Trinajstić information content (AvgIpc) is 2.82. The van der Waals surface area contributed by atoms with Crippen molar-refractivity contribution >= 4 is 37.3 Å². The van der Waals surface area contributed by atoms with Crippen molar-refractivity contribution in [2.24, 2.45) is 5.73 Å². The highest BCUT2D eigenvalue weighted by atomic mass is 79.9. The molecule has 2 heterocycles. The third-order valence-electron chi connectivity index (χ3n) is 2.37. The fourth-order valence-electron chi connectivity index (χ4n) is 1.38. The van der Waals surface area contributed by atoms with Gasteiger partial charge < -0.3 is 5.73 Å². The Morgan fingerprint density at radius 3 is 2.63 bits per heavy atom. The maximum absolute atomic E-state index is 12.0. The number of nitrogens with two attached hydrogens (primary N) is 1. The lowest BCUT2D eigenvalue weighted by Crippen LogP contribution is -2.23. The summed E-state index contributed by atoms with van der Waals surface area (Å²) in [5.74, 6) is 0. The molecule has 5 nitrogen and oxygen atoms in total. The van der Waals surface area contributed by atoms with Gasteiger partial charge in [-0.05, 0) is 39.7 Å². The summed E-state index contributed by atoms with van der Waals surface area (Å²) in [5, 5.41) is 0.000298. The minimum Gasteiger partial charge on any atom is -0.326 e. The molecule has 0 saturated carbocycles. The SMILES string of the molecule is NCc1ccc(S(=O)(=O)NCc2ccc(Br)s2)nc1. The Balaban J connectivity index is 2.09. The monoisotopic (exact) mass is 361 g/mol. The summed E-state index contributed by atoms with van der Waals surface area (Å²) < 4.78 is 27.5. The molecule has 0 aliphatic rings. The second-order valence-corrected chi connectivity index (χ2v) is 8.00. The predicted octanol–water partition coefficient (Wildman–Crippen LogP) is 1.84. The number of thiophene rings is 1. The maximum Gasteiger partial charge on any atom is 0.258 e. The molecule has 2 aromatic heterocycles. The molecule has 3 N–H and O–H groups in total. The van der Waals surface area contributed by atoms with E-state index in [0.29, 0.717) is 6.54 Å². The van der Waals surface area contributed by atoms with Crippen LogP contribution < -0.4 is 10.5 Å². The molecule has 0 radical (unpaired) electrons. The van der Waals surface area contributed by atoms with Crippen LogP contribution in [0.15, 0.2) is 39.3 Å². The Morgan fingerprint density at radius 2 is 2.11 bits per heavy atom. The normalized spacial score (nSPS) is 11.7. The maximum atomic E-state index is 12.0. The highest BCUT2D eigenvalue weighted by Gasteiger charge is 2.15. The van der Waals surface area contributed by atoms with Crippen molar-refractivity contribution in [1.29, 1.82) is 0 Å². The van der Waals surface area contributed by atoms with Crippen LogP contribution in [0, 0.1) is 0 Å². The second kappa shape index (κ2) is 6.10. The molecular weight excluding hydrogens is 350 g/mol. The zero-order chi connectivity index (χ0) is 13.9. The molecule has 2 aromatic rings. The Kier molecular flexibility index (Phi) is 4.69. The number of aromatic nitrogens is 1. The van der Waals surface area contributed by atoms with E-state index in [1.807, 2.05) is 12.1 Å². The van der Waals surface area contributed by atoms with Crippen molar-refractivity contribution in [3.63, 3.8) is 0 Å². The summed E-state index contributed by atoms with van der Waals surface area (Å²) in [7, 11) is -3.58. The van der Waals surface area contributed by atoms with Crippen LogP contribution in [0.25, 0.3) is 0 Å². The van der Waals surface area contributed by atoms with Crippen LogP contribution in [0.2, 0.25) is 0 Å². The molecule has 0 atom stereocenters. The quantitative estimate of drug-likeness (QED) is 0.850. The first kappa shape index (κ1) is 14.6. The zero-order valence-corrected chi connectivity index (χ0v) is 13.1. The van der Waals surface area contributed by atoms with Crippen molar-refractivity contribution in [3.8, 4) is 0 Å². The van der Waals surface area contributed by atoms with E-state index in [0.717, 1.165) is 14.2 Å². The third kappa shape index (κ3) is 3.83. The number of hydrogen-bond acceptors (Lipinski definition) is 5. The van der Waals surface area contributed by atoms with Gasteiger partial charge in [0.05, 0.1) is 3.79 Å². The van der Waals surface area contributed by atoms with E-state index in [4.69, 9.17) is 5.73 Å². The summed E-state index contributed by atoms with van der Waals surface area (Å²) in [6.07, 6.45) is 1.47. The van der Waals surface area contributed by atoms with Crippen LogP contribution in [0.3, 0.4) is 0 Å². The van der Waals surface area contributed by atoms with E-state index in [9.17, 15) is 8.42 Å². The van der Waals surface area contributed by atoms with Crippen molar-refractivity contribution in [2.45, 2.75) is 18.1 Å². The lowest BCUT2D eigenvalue weighted by molar-refractivity contribution is 0.578. The molecule has 0 amide bonds. The van der Waals surface area contributed by atoms with Gasteiger partial charge in [-0.1, -0.05) is 6.07 Å². The van der Waals surface area contributed by atoms with Gasteiger partial charge in [0.25, 0.3) is 10.0 Å². The number of rotatable bonds is 5. The van der Waals surface area contributed by atoms with Gasteiger partial charge in [0, 0.05) is 24.2 Å². The molecule has 0 fully saturated rings. The van der Waals surface area contributed by atoms with Gasteiger partial charge in [-0.3, -0.25) is 0 Å². The highest BCUT2D eigenvalue weighted by molar-refractivity contribution is 9.11. The molecule has 2 rings (SSSR count). The largest absolute Gasteiger partial charge is 0.326 e. The fraction of sp³-hybridized carbons (Fsp3) is 0.182. The number of nitrogens with zero attached hydrogens (tertiary/aromatic N) is 1. The minimum absolute atomic E-state index is 0.000298. The molecule has 0 aliphatic carbocycles. The molecule has 0 bridgehead atoms. The Labute approximate surface area is 124 Å². The summed E-state index contributed by atoms with van der Waals surface area (Å²) in [5.41, 5.74) is 6.23. The first-order chi connectivity index (χ1) is 9.01. The van der Waals surface area contributed by atoms with E-state index in [-0.39, 0.29) is 11.6 Å². The van der Waals surface area contributed by atoms with Gasteiger partial charge in [0.2, 0.25) is 0 Å². The highest BCUT2D eigenvalue weighted by Crippen LogP contribution is 2.22. The van der Waals surface area contributed by atoms with Gasteiger partial charge >= 0.3 is 0 Å². The molecule has 0 unspecified atom stereocenters. The molecule has 0 aromatic carbocycles. The molecular formula is C11H12BrN3O2S2. The average molecular weight is 362 g/mol. The summed E-state index contributed by atoms with van der Waals surface area (Å²) in [6.45, 7) is 0.586. The molecule has 19 heavy (non-hydrogen) atoms. The van der Waals surface area contributed by atoms with Crippen LogP contribution >= 0.6 is 27.3 Å². The zero-order valence-electron chi connectivity index (χ0n) is 9.84. The lowest BCUT2D eigenvalue weighted by Gasteiger charge is -2.05. The molecule has 102 valence electrons. The summed E-state index contributed by atoms with van der Waals surface area (Å²) in [4.78, 5) is 4.83. The smallest absolute Gasteiger partial charge is 0.258 e. The minimum atomic E-state index is -3.58. The van der Waals surface area contributed by atoms with Crippen molar-refractivity contribution < 1.29 is 8.42 Å². The Bertz CT molecular complexity index is 653. The molecule has 0 spiro atoms.